The Balaban J connectivity index is 0.000000199. The molecule has 0 bridgehead atoms. The smallest absolute Gasteiger partial charge is 0.161 e. The van der Waals surface area contributed by atoms with E-state index in [0.29, 0.717) is 36.4 Å². The van der Waals surface area contributed by atoms with Crippen molar-refractivity contribution >= 4 is 11.6 Å². The van der Waals surface area contributed by atoms with Crippen molar-refractivity contribution in [1.29, 1.82) is 0 Å². The maximum absolute atomic E-state index is 14.4. The normalized spacial score (nSPS) is 15.7. The van der Waals surface area contributed by atoms with Crippen LogP contribution in [0.25, 0.3) is 11.4 Å². The molecule has 2 fully saturated rings. The summed E-state index contributed by atoms with van der Waals surface area (Å²) in [4.78, 5) is 28.5. The minimum absolute atomic E-state index is 0.179. The van der Waals surface area contributed by atoms with Gasteiger partial charge in [-0.3, -0.25) is 9.80 Å². The average Bonchev–Trinajstić information content (AvgIpc) is 3.22. The highest BCUT2D eigenvalue weighted by atomic mass is 19.1. The van der Waals surface area contributed by atoms with Crippen molar-refractivity contribution in [3.63, 3.8) is 0 Å². The molecule has 0 saturated carbocycles. The van der Waals surface area contributed by atoms with Gasteiger partial charge < -0.3 is 14.9 Å². The number of piperazine rings is 2. The molecule has 0 aliphatic carbocycles. The van der Waals surface area contributed by atoms with E-state index in [1.807, 2.05) is 89.2 Å². The van der Waals surface area contributed by atoms with E-state index in [-0.39, 0.29) is 23.7 Å². The molecule has 59 heavy (non-hydrogen) atoms. The molecule has 4 heterocycles. The molecule has 9 nitrogen and oxygen atoms in total. The van der Waals surface area contributed by atoms with Gasteiger partial charge in [0.25, 0.3) is 0 Å². The standard InChI is InChI=1S/C26H31FN4.C22H31FN4O/c1-19(2)18-30-13-15-31(16-14-30)26-23(17-22-11-7-8-12-24(22)27)20(3)28-25(29-26)21-9-5-4-6-10-21;1-15(2)21(28)14-26-9-11-27(12-10-26)22-19(16(3)24-17(4)25-22)13-18-7-5-6-8-20(18)23/h4-12,19H,13-18H2,1-3H3;5-8,15,21,28H,9-14H2,1-4H3. The van der Waals surface area contributed by atoms with Gasteiger partial charge in [0.2, 0.25) is 0 Å². The topological polar surface area (TPSA) is 84.8 Å². The van der Waals surface area contributed by atoms with E-state index < -0.39 is 0 Å². The van der Waals surface area contributed by atoms with Crippen molar-refractivity contribution in [3.05, 3.63) is 130 Å². The summed E-state index contributed by atoms with van der Waals surface area (Å²) in [6.07, 6.45) is 0.682. The third-order valence-corrected chi connectivity index (χ3v) is 11.4. The van der Waals surface area contributed by atoms with Crippen LogP contribution >= 0.6 is 0 Å². The van der Waals surface area contributed by atoms with Crippen molar-refractivity contribution in [2.45, 2.75) is 67.4 Å². The maximum atomic E-state index is 14.4. The third kappa shape index (κ3) is 11.7. The predicted octanol–water partition coefficient (Wildman–Crippen LogP) is 7.92. The molecule has 5 aromatic rings. The van der Waals surface area contributed by atoms with Gasteiger partial charge in [0.1, 0.15) is 29.1 Å². The van der Waals surface area contributed by atoms with Crippen LogP contribution in [-0.4, -0.2) is 106 Å². The van der Waals surface area contributed by atoms with Crippen LogP contribution in [-0.2, 0) is 12.8 Å². The summed E-state index contributed by atoms with van der Waals surface area (Å²) in [5.74, 6) is 3.88. The first-order chi connectivity index (χ1) is 28.4. The highest BCUT2D eigenvalue weighted by molar-refractivity contribution is 5.61. The number of hydrogen-bond donors (Lipinski definition) is 1. The molecule has 314 valence electrons. The summed E-state index contributed by atoms with van der Waals surface area (Å²) >= 11 is 0. The Morgan fingerprint density at radius 1 is 0.559 bits per heavy atom. The third-order valence-electron chi connectivity index (χ3n) is 11.4. The molecule has 0 spiro atoms. The summed E-state index contributed by atoms with van der Waals surface area (Å²) in [5.41, 5.74) is 6.18. The van der Waals surface area contributed by atoms with Gasteiger partial charge in [-0.15, -0.1) is 0 Å². The molecule has 3 aromatic carbocycles. The Kier molecular flexibility index (Phi) is 15.1. The molecule has 0 radical (unpaired) electrons. The molecule has 0 amide bonds. The number of nitrogens with zero attached hydrogens (tertiary/aromatic N) is 8. The van der Waals surface area contributed by atoms with Crippen LogP contribution in [0.1, 0.15) is 67.2 Å². The molecular weight excluding hydrogens is 743 g/mol. The van der Waals surface area contributed by atoms with E-state index in [1.165, 1.54) is 12.1 Å². The van der Waals surface area contributed by atoms with Crippen molar-refractivity contribution in [1.82, 2.24) is 29.7 Å². The van der Waals surface area contributed by atoms with E-state index in [1.54, 1.807) is 12.1 Å². The van der Waals surface area contributed by atoms with Gasteiger partial charge in [-0.2, -0.15) is 0 Å². The second-order valence-corrected chi connectivity index (χ2v) is 16.8. The number of hydrogen-bond acceptors (Lipinski definition) is 9. The molecule has 2 saturated heterocycles. The van der Waals surface area contributed by atoms with E-state index in [2.05, 4.69) is 38.4 Å². The first kappa shape index (κ1) is 43.7. The molecule has 2 aliphatic heterocycles. The van der Waals surface area contributed by atoms with Crippen LogP contribution in [0.4, 0.5) is 20.4 Å². The minimum Gasteiger partial charge on any atom is -0.392 e. The summed E-state index contributed by atoms with van der Waals surface area (Å²) in [6.45, 7) is 23.6. The van der Waals surface area contributed by atoms with Gasteiger partial charge in [-0.05, 0) is 55.9 Å². The Hall–Kier alpha value is -4.84. The monoisotopic (exact) mass is 805 g/mol. The molecule has 1 N–H and O–H groups in total. The van der Waals surface area contributed by atoms with Gasteiger partial charge in [0, 0.05) is 106 Å². The van der Waals surface area contributed by atoms with E-state index in [4.69, 9.17) is 15.0 Å². The zero-order valence-corrected chi connectivity index (χ0v) is 36.0. The van der Waals surface area contributed by atoms with Crippen LogP contribution in [0.5, 0.6) is 0 Å². The molecule has 2 aliphatic rings. The summed E-state index contributed by atoms with van der Waals surface area (Å²) in [7, 11) is 0. The lowest BCUT2D eigenvalue weighted by atomic mass is 10.0. The van der Waals surface area contributed by atoms with Gasteiger partial charge >= 0.3 is 0 Å². The SMILES string of the molecule is Cc1nc(-c2ccccc2)nc(N2CCN(CC(C)C)CC2)c1Cc1ccccc1F.Cc1nc(C)c(Cc2ccccc2F)c(N2CCN(CC(O)C(C)C)CC2)n1. The van der Waals surface area contributed by atoms with Crippen LogP contribution < -0.4 is 9.80 Å². The number of rotatable bonds is 12. The molecular formula is C48H62F2N8O. The van der Waals surface area contributed by atoms with E-state index >= 15 is 0 Å². The fraction of sp³-hybridized carbons (Fsp3) is 0.458. The number of aliphatic hydroxyl groups is 1. The number of aliphatic hydroxyl groups excluding tert-OH is 1. The molecule has 11 heteroatoms. The zero-order valence-electron chi connectivity index (χ0n) is 36.0. The number of halogens is 2. The second kappa shape index (κ2) is 20.4. The van der Waals surface area contributed by atoms with Gasteiger partial charge in [0.05, 0.1) is 6.10 Å². The van der Waals surface area contributed by atoms with Crippen molar-refractivity contribution in [2.75, 3.05) is 75.2 Å². The number of benzene rings is 3. The second-order valence-electron chi connectivity index (χ2n) is 16.8. The molecule has 7 rings (SSSR count). The molecule has 1 unspecified atom stereocenters. The van der Waals surface area contributed by atoms with Crippen LogP contribution in [0.3, 0.4) is 0 Å². The minimum atomic E-state index is -0.299. The van der Waals surface area contributed by atoms with Crippen LogP contribution in [0, 0.1) is 44.2 Å². The Morgan fingerprint density at radius 2 is 1.02 bits per heavy atom. The number of anilines is 2. The van der Waals surface area contributed by atoms with Crippen LogP contribution in [0.2, 0.25) is 0 Å². The molecule has 2 aromatic heterocycles. The van der Waals surface area contributed by atoms with E-state index in [0.717, 1.165) is 110 Å². The average molecular weight is 805 g/mol. The quantitative estimate of drug-likeness (QED) is 0.135. The van der Waals surface area contributed by atoms with Crippen molar-refractivity contribution < 1.29 is 13.9 Å². The fourth-order valence-corrected chi connectivity index (χ4v) is 7.89. The van der Waals surface area contributed by atoms with Crippen molar-refractivity contribution in [3.8, 4) is 11.4 Å². The lowest BCUT2D eigenvalue weighted by Crippen LogP contribution is -2.49. The molecule has 1 atom stereocenters. The Morgan fingerprint density at radius 3 is 1.51 bits per heavy atom. The number of aryl methyl sites for hydroxylation is 3. The predicted molar refractivity (Wildman–Crippen MR) is 235 cm³/mol. The number of β-amino-alcohol motifs (C(OH)–C–C–N with tert-alkyl or cyclic N) is 1. The first-order valence-corrected chi connectivity index (χ1v) is 21.2. The van der Waals surface area contributed by atoms with Gasteiger partial charge in [0.15, 0.2) is 5.82 Å². The highest BCUT2D eigenvalue weighted by Gasteiger charge is 2.26. The van der Waals surface area contributed by atoms with Crippen molar-refractivity contribution in [2.24, 2.45) is 11.8 Å². The van der Waals surface area contributed by atoms with Gasteiger partial charge in [-0.1, -0.05) is 94.4 Å². The summed E-state index contributed by atoms with van der Waals surface area (Å²) in [5, 5.41) is 10.2. The summed E-state index contributed by atoms with van der Waals surface area (Å²) < 4.78 is 28.7. The highest BCUT2D eigenvalue weighted by Crippen LogP contribution is 2.30. The fourth-order valence-electron chi connectivity index (χ4n) is 7.89. The summed E-state index contributed by atoms with van der Waals surface area (Å²) in [6, 6.07) is 24.0. The van der Waals surface area contributed by atoms with Crippen LogP contribution in [0.15, 0.2) is 78.9 Å². The Bertz CT molecular complexity index is 2110. The largest absolute Gasteiger partial charge is 0.392 e. The maximum Gasteiger partial charge on any atom is 0.161 e. The van der Waals surface area contributed by atoms with Gasteiger partial charge in [-0.25, -0.2) is 28.7 Å². The lowest BCUT2D eigenvalue weighted by molar-refractivity contribution is 0.0738. The Labute approximate surface area is 350 Å². The lowest BCUT2D eigenvalue weighted by Gasteiger charge is -2.37. The van der Waals surface area contributed by atoms with E-state index in [9.17, 15) is 13.9 Å². The number of aromatic nitrogens is 4. The first-order valence-electron chi connectivity index (χ1n) is 21.2. The zero-order chi connectivity index (χ0) is 42.1.